The minimum Gasteiger partial charge on any atom is -0.368 e. The molecule has 0 radical (unpaired) electrons. The van der Waals surface area contributed by atoms with Gasteiger partial charge in [-0.3, -0.25) is 9.79 Å². The van der Waals surface area contributed by atoms with Gasteiger partial charge in [0.2, 0.25) is 5.91 Å². The molecule has 1 heterocycles. The van der Waals surface area contributed by atoms with Crippen LogP contribution in [0.3, 0.4) is 0 Å². The molecule has 0 aromatic heterocycles. The molecule has 2 atom stereocenters. The third-order valence-corrected chi connectivity index (χ3v) is 5.13. The van der Waals surface area contributed by atoms with Crippen LogP contribution >= 0.6 is 0 Å². The van der Waals surface area contributed by atoms with Gasteiger partial charge in [-0.25, -0.2) is 0 Å². The van der Waals surface area contributed by atoms with Gasteiger partial charge in [0.05, 0.1) is 6.54 Å². The predicted molar refractivity (Wildman–Crippen MR) is 107 cm³/mol. The van der Waals surface area contributed by atoms with Crippen LogP contribution in [0.15, 0.2) is 35.3 Å². The molecule has 1 saturated carbocycles. The lowest BCUT2D eigenvalue weighted by atomic mass is 10.2. The van der Waals surface area contributed by atoms with Gasteiger partial charge < -0.3 is 20.4 Å². The van der Waals surface area contributed by atoms with E-state index in [1.54, 1.807) is 0 Å². The molecule has 1 aromatic rings. The van der Waals surface area contributed by atoms with Gasteiger partial charge in [0, 0.05) is 50.9 Å². The Kier molecular flexibility index (Phi) is 6.36. The largest absolute Gasteiger partial charge is 0.368 e. The molecule has 6 heteroatoms. The summed E-state index contributed by atoms with van der Waals surface area (Å²) in [5.74, 6) is 1.77. The Labute approximate surface area is 156 Å². The maximum Gasteiger partial charge on any atom is 0.224 e. The average molecular weight is 358 g/mol. The molecule has 6 nitrogen and oxygen atoms in total. The van der Waals surface area contributed by atoms with E-state index in [1.807, 2.05) is 11.0 Å². The summed E-state index contributed by atoms with van der Waals surface area (Å²) in [7, 11) is 0. The van der Waals surface area contributed by atoms with Gasteiger partial charge in [0.1, 0.15) is 0 Å². The molecule has 0 spiro atoms. The van der Waals surface area contributed by atoms with Crippen LogP contribution in [0.1, 0.15) is 26.7 Å². The molecule has 2 fully saturated rings. The molecule has 26 heavy (non-hydrogen) atoms. The molecule has 142 valence electrons. The number of rotatable bonds is 6. The van der Waals surface area contributed by atoms with Crippen molar-refractivity contribution >= 4 is 17.6 Å². The molecule has 2 aliphatic rings. The van der Waals surface area contributed by atoms with E-state index in [1.165, 1.54) is 12.1 Å². The van der Waals surface area contributed by atoms with E-state index in [-0.39, 0.29) is 5.91 Å². The van der Waals surface area contributed by atoms with E-state index in [9.17, 15) is 4.79 Å². The minimum absolute atomic E-state index is 0.206. The van der Waals surface area contributed by atoms with E-state index in [2.05, 4.69) is 58.6 Å². The van der Waals surface area contributed by atoms with Crippen LogP contribution < -0.4 is 15.5 Å². The summed E-state index contributed by atoms with van der Waals surface area (Å²) in [5.41, 5.74) is 1.24. The highest BCUT2D eigenvalue weighted by molar-refractivity contribution is 5.81. The highest BCUT2D eigenvalue weighted by Crippen LogP contribution is 2.28. The molecule has 1 amide bonds. The molecule has 2 N–H and O–H groups in total. The van der Waals surface area contributed by atoms with E-state index in [4.69, 9.17) is 0 Å². The fourth-order valence-electron chi connectivity index (χ4n) is 3.29. The number of piperazine rings is 1. The molecular weight excluding hydrogens is 326 g/mol. The summed E-state index contributed by atoms with van der Waals surface area (Å²) in [4.78, 5) is 21.3. The van der Waals surface area contributed by atoms with Crippen LogP contribution in [-0.2, 0) is 4.79 Å². The van der Waals surface area contributed by atoms with Crippen molar-refractivity contribution < 1.29 is 4.79 Å². The number of aliphatic imine (C=N–C) groups is 1. The maximum atomic E-state index is 12.5. The summed E-state index contributed by atoms with van der Waals surface area (Å²) in [5, 5.41) is 6.69. The number of carbonyl (C=O) groups excluding carboxylic acids is 1. The van der Waals surface area contributed by atoms with Gasteiger partial charge in [-0.1, -0.05) is 25.1 Å². The van der Waals surface area contributed by atoms with Crippen LogP contribution in [0.25, 0.3) is 0 Å². The van der Waals surface area contributed by atoms with Crippen LogP contribution in [-0.4, -0.2) is 62.1 Å². The smallest absolute Gasteiger partial charge is 0.224 e. The Balaban J connectivity index is 1.41. The lowest BCUT2D eigenvalue weighted by molar-refractivity contribution is -0.131. The van der Waals surface area contributed by atoms with E-state index in [0.717, 1.165) is 44.6 Å². The van der Waals surface area contributed by atoms with Gasteiger partial charge >= 0.3 is 0 Å². The topological polar surface area (TPSA) is 60.0 Å². The van der Waals surface area contributed by atoms with Crippen LogP contribution in [0, 0.1) is 5.92 Å². The minimum atomic E-state index is 0.206. The zero-order valence-corrected chi connectivity index (χ0v) is 15.9. The van der Waals surface area contributed by atoms with Crippen LogP contribution in [0.4, 0.5) is 5.69 Å². The fourth-order valence-corrected chi connectivity index (χ4v) is 3.29. The quantitative estimate of drug-likeness (QED) is 0.601. The highest BCUT2D eigenvalue weighted by atomic mass is 16.2. The molecule has 1 aromatic carbocycles. The van der Waals surface area contributed by atoms with E-state index >= 15 is 0 Å². The van der Waals surface area contributed by atoms with E-state index in [0.29, 0.717) is 19.0 Å². The second-order valence-corrected chi connectivity index (χ2v) is 7.18. The summed E-state index contributed by atoms with van der Waals surface area (Å²) in [6.45, 7) is 9.03. The molecule has 3 rings (SSSR count). The second-order valence-electron chi connectivity index (χ2n) is 7.18. The molecular formula is C20H31N5O. The van der Waals surface area contributed by atoms with Crippen molar-refractivity contribution in [2.24, 2.45) is 10.9 Å². The number of hydrogen-bond acceptors (Lipinski definition) is 3. The first kappa shape index (κ1) is 18.5. The Hall–Kier alpha value is -2.24. The molecule has 0 bridgehead atoms. The first-order chi connectivity index (χ1) is 12.7. The third-order valence-electron chi connectivity index (χ3n) is 5.13. The summed E-state index contributed by atoms with van der Waals surface area (Å²) >= 11 is 0. The number of carbonyl (C=O) groups is 1. The van der Waals surface area contributed by atoms with Crippen molar-refractivity contribution in [2.75, 3.05) is 44.2 Å². The van der Waals surface area contributed by atoms with Gasteiger partial charge in [-0.2, -0.15) is 0 Å². The van der Waals surface area contributed by atoms with Gasteiger partial charge in [-0.15, -0.1) is 0 Å². The lowest BCUT2D eigenvalue weighted by Gasteiger charge is -2.36. The van der Waals surface area contributed by atoms with Crippen molar-refractivity contribution in [1.29, 1.82) is 0 Å². The number of hydrogen-bond donors (Lipinski definition) is 2. The summed E-state index contributed by atoms with van der Waals surface area (Å²) in [6, 6.07) is 10.9. The fraction of sp³-hybridized carbons (Fsp3) is 0.600. The van der Waals surface area contributed by atoms with Gasteiger partial charge in [-0.05, 0) is 31.4 Å². The average Bonchev–Trinajstić information content (AvgIpc) is 3.37. The summed E-state index contributed by atoms with van der Waals surface area (Å²) in [6.07, 6.45) is 1.68. The van der Waals surface area contributed by atoms with E-state index < -0.39 is 0 Å². The predicted octanol–water partition coefficient (Wildman–Crippen LogP) is 1.69. The number of nitrogens with zero attached hydrogens (tertiary/aromatic N) is 3. The van der Waals surface area contributed by atoms with Crippen molar-refractivity contribution in [3.63, 3.8) is 0 Å². The maximum absolute atomic E-state index is 12.5. The zero-order valence-electron chi connectivity index (χ0n) is 15.9. The number of anilines is 1. The second kappa shape index (κ2) is 8.92. The summed E-state index contributed by atoms with van der Waals surface area (Å²) < 4.78 is 0. The number of nitrogens with one attached hydrogen (secondary N) is 2. The number of guanidine groups is 1. The van der Waals surface area contributed by atoms with Crippen molar-refractivity contribution in [1.82, 2.24) is 15.5 Å². The SMILES string of the molecule is CCNC(=NCCC(=O)N1CCN(c2ccccc2)CC1)NC1CC1C. The third kappa shape index (κ3) is 5.13. The normalized spacial score (nSPS) is 22.9. The molecule has 1 saturated heterocycles. The molecule has 1 aliphatic heterocycles. The number of benzene rings is 1. The Morgan fingerprint density at radius 3 is 2.50 bits per heavy atom. The van der Waals surface area contributed by atoms with Crippen molar-refractivity contribution in [2.45, 2.75) is 32.7 Å². The number of amides is 1. The Bertz CT molecular complexity index is 610. The first-order valence-corrected chi connectivity index (χ1v) is 9.80. The lowest BCUT2D eigenvalue weighted by Crippen LogP contribution is -2.49. The molecule has 2 unspecified atom stereocenters. The van der Waals surface area contributed by atoms with Crippen LogP contribution in [0.2, 0.25) is 0 Å². The number of para-hydroxylation sites is 1. The monoisotopic (exact) mass is 357 g/mol. The Morgan fingerprint density at radius 1 is 1.19 bits per heavy atom. The van der Waals surface area contributed by atoms with Crippen molar-refractivity contribution in [3.8, 4) is 0 Å². The first-order valence-electron chi connectivity index (χ1n) is 9.80. The zero-order chi connectivity index (χ0) is 18.4. The van der Waals surface area contributed by atoms with Gasteiger partial charge in [0.15, 0.2) is 5.96 Å². The Morgan fingerprint density at radius 2 is 1.88 bits per heavy atom. The highest BCUT2D eigenvalue weighted by Gasteiger charge is 2.33. The standard InChI is InChI=1S/C20H31N5O/c1-3-21-20(23-18-15-16(18)2)22-10-9-19(26)25-13-11-24(12-14-25)17-7-5-4-6-8-17/h4-8,16,18H,3,9-15H2,1-2H3,(H2,21,22,23). The van der Waals surface area contributed by atoms with Crippen molar-refractivity contribution in [3.05, 3.63) is 30.3 Å². The van der Waals surface area contributed by atoms with Gasteiger partial charge in [0.25, 0.3) is 0 Å². The van der Waals surface area contributed by atoms with Crippen LogP contribution in [0.5, 0.6) is 0 Å². The molecule has 1 aliphatic carbocycles.